The maximum absolute atomic E-state index is 6.37. The van der Waals surface area contributed by atoms with Crippen molar-refractivity contribution in [3.05, 3.63) is 57.8 Å². The van der Waals surface area contributed by atoms with Gasteiger partial charge in [0.15, 0.2) is 17.3 Å². The minimum atomic E-state index is 0.381. The zero-order valence-corrected chi connectivity index (χ0v) is 15.1. The van der Waals surface area contributed by atoms with Crippen molar-refractivity contribution in [2.45, 2.75) is 0 Å². The third-order valence-corrected chi connectivity index (χ3v) is 4.16. The van der Waals surface area contributed by atoms with Gasteiger partial charge in [0.05, 0.1) is 25.5 Å². The first-order valence-electron chi connectivity index (χ1n) is 7.33. The summed E-state index contributed by atoms with van der Waals surface area (Å²) < 4.78 is 12.4. The molecule has 25 heavy (non-hydrogen) atoms. The van der Waals surface area contributed by atoms with E-state index in [9.17, 15) is 0 Å². The zero-order chi connectivity index (χ0) is 17.8. The van der Waals surface area contributed by atoms with Crippen LogP contribution in [0.4, 0.5) is 0 Å². The summed E-state index contributed by atoms with van der Waals surface area (Å²) in [5, 5.41) is 11.8. The predicted molar refractivity (Wildman–Crippen MR) is 100 cm³/mol. The summed E-state index contributed by atoms with van der Waals surface area (Å²) >= 11 is 11.6. The summed E-state index contributed by atoms with van der Waals surface area (Å²) in [6, 6.07) is 13.2. The molecule has 0 aliphatic rings. The van der Waals surface area contributed by atoms with Crippen LogP contribution in [0.5, 0.6) is 11.5 Å². The first-order valence-corrected chi connectivity index (χ1v) is 8.12. The van der Waals surface area contributed by atoms with Crippen molar-refractivity contribution >= 4 is 30.0 Å². The first-order chi connectivity index (χ1) is 12.2. The Morgan fingerprint density at radius 1 is 1.16 bits per heavy atom. The van der Waals surface area contributed by atoms with Crippen molar-refractivity contribution in [3.63, 3.8) is 0 Å². The number of hydrogen-bond acceptors (Lipinski definition) is 5. The number of aromatic nitrogens is 3. The number of benzene rings is 2. The summed E-state index contributed by atoms with van der Waals surface area (Å²) in [4.78, 5) is 0. The van der Waals surface area contributed by atoms with Gasteiger partial charge >= 0.3 is 0 Å². The average Bonchev–Trinajstić information content (AvgIpc) is 3.01. The lowest BCUT2D eigenvalue weighted by Crippen LogP contribution is -1.97. The van der Waals surface area contributed by atoms with Crippen LogP contribution in [0, 0.1) is 4.77 Å². The van der Waals surface area contributed by atoms with Crippen LogP contribution in [0.15, 0.2) is 47.6 Å². The number of aromatic amines is 1. The molecule has 0 aliphatic heterocycles. The topological polar surface area (TPSA) is 64.4 Å². The van der Waals surface area contributed by atoms with Crippen LogP contribution in [-0.2, 0) is 0 Å². The molecule has 8 heteroatoms. The lowest BCUT2D eigenvalue weighted by Gasteiger charge is -2.10. The molecule has 0 atom stereocenters. The molecule has 0 radical (unpaired) electrons. The maximum Gasteiger partial charge on any atom is 0.216 e. The molecule has 0 spiro atoms. The highest BCUT2D eigenvalue weighted by molar-refractivity contribution is 7.71. The van der Waals surface area contributed by atoms with Gasteiger partial charge in [-0.25, -0.2) is 5.10 Å². The summed E-state index contributed by atoms with van der Waals surface area (Å²) in [6.45, 7) is 0. The van der Waals surface area contributed by atoms with Gasteiger partial charge in [-0.2, -0.15) is 14.9 Å². The van der Waals surface area contributed by atoms with Crippen molar-refractivity contribution in [2.24, 2.45) is 5.10 Å². The van der Waals surface area contributed by atoms with Crippen LogP contribution in [-0.4, -0.2) is 35.3 Å². The maximum atomic E-state index is 6.37. The highest BCUT2D eigenvalue weighted by Crippen LogP contribution is 2.36. The molecule has 2 aromatic carbocycles. The Kier molecular flexibility index (Phi) is 5.16. The molecule has 1 aromatic heterocycles. The number of halogens is 1. The third kappa shape index (κ3) is 3.42. The van der Waals surface area contributed by atoms with Crippen molar-refractivity contribution in [3.8, 4) is 22.9 Å². The van der Waals surface area contributed by atoms with Crippen LogP contribution >= 0.6 is 23.8 Å². The van der Waals surface area contributed by atoms with Crippen LogP contribution in [0.1, 0.15) is 5.56 Å². The monoisotopic (exact) mass is 374 g/mol. The van der Waals surface area contributed by atoms with E-state index < -0.39 is 0 Å². The highest BCUT2D eigenvalue weighted by Gasteiger charge is 2.12. The second-order valence-electron chi connectivity index (χ2n) is 4.98. The fraction of sp³-hybridized carbons (Fsp3) is 0.118. The van der Waals surface area contributed by atoms with Gasteiger partial charge < -0.3 is 9.47 Å². The standard InChI is InChI=1S/C17H15ClN4O2S/c1-23-13-9-8-12(14(18)15(13)24-2)10-19-22-16(20-21-17(22)25)11-6-4-3-5-7-11/h3-10H,1-2H3,(H,21,25)/b19-10-. The number of rotatable bonds is 5. The van der Waals surface area contributed by atoms with Crippen molar-refractivity contribution < 1.29 is 9.47 Å². The molecule has 1 N–H and O–H groups in total. The summed E-state index contributed by atoms with van der Waals surface area (Å²) in [5.41, 5.74) is 1.56. The molecule has 0 saturated heterocycles. The van der Waals surface area contributed by atoms with E-state index in [2.05, 4.69) is 15.3 Å². The molecule has 3 rings (SSSR count). The highest BCUT2D eigenvalue weighted by atomic mass is 35.5. The normalized spacial score (nSPS) is 11.0. The number of ether oxygens (including phenoxy) is 2. The molecular weight excluding hydrogens is 360 g/mol. The first kappa shape index (κ1) is 17.2. The van der Waals surface area contributed by atoms with E-state index in [1.807, 2.05) is 30.3 Å². The van der Waals surface area contributed by atoms with E-state index in [4.69, 9.17) is 33.3 Å². The fourth-order valence-electron chi connectivity index (χ4n) is 2.30. The minimum absolute atomic E-state index is 0.381. The molecule has 0 bridgehead atoms. The third-order valence-electron chi connectivity index (χ3n) is 3.51. The van der Waals surface area contributed by atoms with Gasteiger partial charge in [-0.3, -0.25) is 0 Å². The van der Waals surface area contributed by atoms with Crippen molar-refractivity contribution in [2.75, 3.05) is 14.2 Å². The molecule has 6 nitrogen and oxygen atoms in total. The molecule has 128 valence electrons. The van der Waals surface area contributed by atoms with Crippen molar-refractivity contribution in [1.29, 1.82) is 0 Å². The number of methoxy groups -OCH3 is 2. The Balaban J connectivity index is 2.02. The van der Waals surface area contributed by atoms with Gasteiger partial charge in [-0.05, 0) is 24.4 Å². The second-order valence-corrected chi connectivity index (χ2v) is 5.74. The zero-order valence-electron chi connectivity index (χ0n) is 13.6. The smallest absolute Gasteiger partial charge is 0.216 e. The van der Waals surface area contributed by atoms with Crippen LogP contribution in [0.2, 0.25) is 5.02 Å². The Morgan fingerprint density at radius 3 is 2.60 bits per heavy atom. The lowest BCUT2D eigenvalue weighted by molar-refractivity contribution is 0.355. The molecule has 0 aliphatic carbocycles. The molecule has 0 amide bonds. The molecule has 1 heterocycles. The van der Waals surface area contributed by atoms with E-state index in [-0.39, 0.29) is 0 Å². The van der Waals surface area contributed by atoms with Gasteiger partial charge in [0.1, 0.15) is 0 Å². The number of nitrogens with zero attached hydrogens (tertiary/aromatic N) is 3. The van der Waals surface area contributed by atoms with E-state index >= 15 is 0 Å². The largest absolute Gasteiger partial charge is 0.493 e. The van der Waals surface area contributed by atoms with E-state index in [0.717, 1.165) is 5.56 Å². The SMILES string of the molecule is COc1ccc(/C=N\n2c(-c3ccccc3)n[nH]c2=S)c(Cl)c1OC. The van der Waals surface area contributed by atoms with Gasteiger partial charge in [0, 0.05) is 11.1 Å². The molecule has 0 saturated carbocycles. The van der Waals surface area contributed by atoms with Crippen LogP contribution in [0.25, 0.3) is 11.4 Å². The summed E-state index contributed by atoms with van der Waals surface area (Å²) in [6.07, 6.45) is 1.60. The minimum Gasteiger partial charge on any atom is -0.493 e. The Bertz CT molecular complexity index is 967. The number of nitrogens with one attached hydrogen (secondary N) is 1. The summed E-state index contributed by atoms with van der Waals surface area (Å²) in [7, 11) is 3.09. The van der Waals surface area contributed by atoms with E-state index in [0.29, 0.717) is 32.7 Å². The van der Waals surface area contributed by atoms with Crippen LogP contribution in [0.3, 0.4) is 0 Å². The van der Waals surface area contributed by atoms with Gasteiger partial charge in [0.25, 0.3) is 0 Å². The Hall–Kier alpha value is -2.64. The van der Waals surface area contributed by atoms with Gasteiger partial charge in [0.2, 0.25) is 4.77 Å². The van der Waals surface area contributed by atoms with Crippen LogP contribution < -0.4 is 9.47 Å². The Labute approximate surface area is 154 Å². The van der Waals surface area contributed by atoms with E-state index in [1.165, 1.54) is 11.8 Å². The molecule has 3 aromatic rings. The van der Waals surface area contributed by atoms with E-state index in [1.54, 1.807) is 25.5 Å². The molecular formula is C17H15ClN4O2S. The second kappa shape index (κ2) is 7.50. The fourth-order valence-corrected chi connectivity index (χ4v) is 2.76. The quantitative estimate of drug-likeness (QED) is 0.538. The molecule has 0 unspecified atom stereocenters. The van der Waals surface area contributed by atoms with Gasteiger partial charge in [-0.15, -0.1) is 0 Å². The Morgan fingerprint density at radius 2 is 1.92 bits per heavy atom. The average molecular weight is 375 g/mol. The van der Waals surface area contributed by atoms with Gasteiger partial charge in [-0.1, -0.05) is 41.9 Å². The molecule has 0 fully saturated rings. The van der Waals surface area contributed by atoms with Crippen molar-refractivity contribution in [1.82, 2.24) is 14.9 Å². The summed E-state index contributed by atoms with van der Waals surface area (Å²) in [5.74, 6) is 1.61. The number of hydrogen-bond donors (Lipinski definition) is 1. The number of H-pyrrole nitrogens is 1. The predicted octanol–water partition coefficient (Wildman–Crippen LogP) is 4.16. The lowest BCUT2D eigenvalue weighted by atomic mass is 10.2.